The van der Waals surface area contributed by atoms with Gasteiger partial charge >= 0.3 is 0 Å². The Labute approximate surface area is 186 Å². The summed E-state index contributed by atoms with van der Waals surface area (Å²) in [5, 5.41) is 11.5. The molecule has 1 atom stereocenters. The fourth-order valence-corrected chi connectivity index (χ4v) is 4.23. The molecule has 0 radical (unpaired) electrons. The van der Waals surface area contributed by atoms with Crippen LogP contribution in [0.4, 0.5) is 5.69 Å². The van der Waals surface area contributed by atoms with E-state index in [-0.39, 0.29) is 46.9 Å². The molecule has 3 rings (SSSR count). The Bertz CT molecular complexity index is 1000. The summed E-state index contributed by atoms with van der Waals surface area (Å²) < 4.78 is 6.01. The van der Waals surface area contributed by atoms with Crippen LogP contribution in [0.2, 0.25) is 10.0 Å². The first-order valence-corrected chi connectivity index (χ1v) is 10.6. The Kier molecular flexibility index (Phi) is 6.46. The number of hydrogen-bond donors (Lipinski definition) is 1. The number of hydrogen-bond acceptors (Lipinski definition) is 4. The largest absolute Gasteiger partial charge is 0.491 e. The third-order valence-electron chi connectivity index (χ3n) is 5.25. The van der Waals surface area contributed by atoms with Crippen molar-refractivity contribution >= 4 is 40.6 Å². The lowest BCUT2D eigenvalue weighted by molar-refractivity contribution is -0.141. The fraction of sp³-hybridized carbons (Fsp3) is 0.391. The van der Waals surface area contributed by atoms with E-state index in [0.29, 0.717) is 5.69 Å². The number of amides is 1. The second-order valence-electron chi connectivity index (χ2n) is 8.00. The van der Waals surface area contributed by atoms with Gasteiger partial charge in [0.1, 0.15) is 18.1 Å². The number of ether oxygens (including phenoxy) is 1. The van der Waals surface area contributed by atoms with Crippen molar-refractivity contribution in [2.75, 3.05) is 18.1 Å². The average molecular weight is 450 g/mol. The molecule has 1 heterocycles. The third kappa shape index (κ3) is 4.07. The highest BCUT2D eigenvalue weighted by molar-refractivity contribution is 6.44. The molecular weight excluding hydrogens is 425 g/mol. The fourth-order valence-electron chi connectivity index (χ4n) is 3.81. The molecule has 1 aliphatic heterocycles. The van der Waals surface area contributed by atoms with Gasteiger partial charge in [-0.3, -0.25) is 9.59 Å². The topological polar surface area (TPSA) is 66.8 Å². The summed E-state index contributed by atoms with van der Waals surface area (Å²) in [4.78, 5) is 26.2. The van der Waals surface area contributed by atoms with E-state index in [0.717, 1.165) is 16.9 Å². The maximum atomic E-state index is 13.1. The molecule has 0 fully saturated rings. The number of halogens is 2. The summed E-state index contributed by atoms with van der Waals surface area (Å²) in [7, 11) is 0. The second kappa shape index (κ2) is 8.58. The van der Waals surface area contributed by atoms with Crippen LogP contribution in [0.15, 0.2) is 30.3 Å². The van der Waals surface area contributed by atoms with Crippen molar-refractivity contribution in [3.63, 3.8) is 0 Å². The predicted octanol–water partition coefficient (Wildman–Crippen LogP) is 5.02. The molecule has 0 spiro atoms. The van der Waals surface area contributed by atoms with Crippen LogP contribution >= 0.6 is 23.2 Å². The third-order valence-corrected chi connectivity index (χ3v) is 6.05. The molecule has 1 aliphatic rings. The van der Waals surface area contributed by atoms with Crippen LogP contribution in [0.3, 0.4) is 0 Å². The quantitative estimate of drug-likeness (QED) is 0.644. The van der Waals surface area contributed by atoms with Gasteiger partial charge in [0, 0.05) is 12.0 Å². The smallest absolute Gasteiger partial charge is 0.264 e. The number of rotatable bonds is 7. The maximum absolute atomic E-state index is 13.1. The lowest BCUT2D eigenvalue weighted by atomic mass is 9.90. The standard InChI is InChI=1S/C23H25Cl2NO4/c1-13(2)16-6-5-14(3)11-19(16)30-10-9-26-21-17(7-8-18(24)20(21)25)23(29,22(26)28)12-15(4)27/h5-8,11,13,29H,9-10,12H2,1-4H3. The van der Waals surface area contributed by atoms with Crippen LogP contribution in [0.25, 0.3) is 0 Å². The van der Waals surface area contributed by atoms with Gasteiger partial charge in [0.05, 0.1) is 22.3 Å². The molecule has 5 nitrogen and oxygen atoms in total. The van der Waals surface area contributed by atoms with E-state index in [4.69, 9.17) is 27.9 Å². The minimum atomic E-state index is -1.96. The highest BCUT2D eigenvalue weighted by atomic mass is 35.5. The number of ketones is 1. The van der Waals surface area contributed by atoms with Gasteiger partial charge in [0.25, 0.3) is 5.91 Å². The minimum absolute atomic E-state index is 0.150. The molecule has 0 bridgehead atoms. The van der Waals surface area contributed by atoms with Gasteiger partial charge in [-0.15, -0.1) is 0 Å². The van der Waals surface area contributed by atoms with E-state index >= 15 is 0 Å². The number of carbonyl (C=O) groups excluding carboxylic acids is 2. The number of aryl methyl sites for hydroxylation is 1. The molecule has 0 aromatic heterocycles. The van der Waals surface area contributed by atoms with Crippen molar-refractivity contribution in [2.45, 2.75) is 45.6 Å². The van der Waals surface area contributed by atoms with E-state index in [1.807, 2.05) is 25.1 Å². The highest BCUT2D eigenvalue weighted by Crippen LogP contribution is 2.48. The Balaban J connectivity index is 1.89. The number of nitrogens with zero attached hydrogens (tertiary/aromatic N) is 1. The Morgan fingerprint density at radius 3 is 2.57 bits per heavy atom. The number of carbonyl (C=O) groups is 2. The molecule has 30 heavy (non-hydrogen) atoms. The number of anilines is 1. The Hall–Kier alpha value is -2.08. The minimum Gasteiger partial charge on any atom is -0.491 e. The molecule has 2 aromatic carbocycles. The van der Waals surface area contributed by atoms with E-state index in [2.05, 4.69) is 13.8 Å². The van der Waals surface area contributed by atoms with Crippen LogP contribution in [0, 0.1) is 6.92 Å². The summed E-state index contributed by atoms with van der Waals surface area (Å²) in [6.45, 7) is 7.83. The molecule has 1 unspecified atom stereocenters. The normalized spacial score (nSPS) is 18.1. The molecule has 7 heteroatoms. The zero-order valence-corrected chi connectivity index (χ0v) is 19.0. The zero-order valence-electron chi connectivity index (χ0n) is 17.5. The van der Waals surface area contributed by atoms with E-state index in [9.17, 15) is 14.7 Å². The predicted molar refractivity (Wildman–Crippen MR) is 119 cm³/mol. The van der Waals surface area contributed by atoms with E-state index in [1.165, 1.54) is 17.9 Å². The first kappa shape index (κ1) is 22.6. The summed E-state index contributed by atoms with van der Waals surface area (Å²) in [5.41, 5.74) is 0.804. The molecule has 1 amide bonds. The van der Waals surface area contributed by atoms with Gasteiger partial charge < -0.3 is 14.7 Å². The van der Waals surface area contributed by atoms with Gasteiger partial charge in [-0.1, -0.05) is 55.2 Å². The summed E-state index contributed by atoms with van der Waals surface area (Å²) in [5.74, 6) is 0.132. The Morgan fingerprint density at radius 2 is 1.93 bits per heavy atom. The maximum Gasteiger partial charge on any atom is 0.264 e. The molecule has 0 aliphatic carbocycles. The number of benzene rings is 2. The molecular formula is C23H25Cl2NO4. The van der Waals surface area contributed by atoms with Crippen molar-refractivity contribution in [2.24, 2.45) is 0 Å². The number of Topliss-reactive ketones (excluding diaryl/α,β-unsaturated/α-hetero) is 1. The Morgan fingerprint density at radius 1 is 1.23 bits per heavy atom. The van der Waals surface area contributed by atoms with Gasteiger partial charge in [-0.05, 0) is 43.0 Å². The van der Waals surface area contributed by atoms with E-state index in [1.54, 1.807) is 6.07 Å². The zero-order chi connectivity index (χ0) is 22.2. The molecule has 0 saturated carbocycles. The lowest BCUT2D eigenvalue weighted by Gasteiger charge is -2.23. The van der Waals surface area contributed by atoms with Crippen LogP contribution in [-0.2, 0) is 15.2 Å². The van der Waals surface area contributed by atoms with Crippen molar-refractivity contribution in [1.82, 2.24) is 0 Å². The molecule has 1 N–H and O–H groups in total. The van der Waals surface area contributed by atoms with Crippen LogP contribution < -0.4 is 9.64 Å². The first-order valence-electron chi connectivity index (χ1n) is 9.82. The summed E-state index contributed by atoms with van der Waals surface area (Å²) in [6, 6.07) is 9.09. The SMILES string of the molecule is CC(=O)CC1(O)C(=O)N(CCOc2cc(C)ccc2C(C)C)c2c1ccc(Cl)c2Cl. The lowest BCUT2D eigenvalue weighted by Crippen LogP contribution is -2.43. The van der Waals surface area contributed by atoms with Gasteiger partial charge in [-0.25, -0.2) is 0 Å². The molecule has 2 aromatic rings. The van der Waals surface area contributed by atoms with Gasteiger partial charge in [0.2, 0.25) is 0 Å². The summed E-state index contributed by atoms with van der Waals surface area (Å²) >= 11 is 12.5. The highest BCUT2D eigenvalue weighted by Gasteiger charge is 2.51. The van der Waals surface area contributed by atoms with Crippen LogP contribution in [-0.4, -0.2) is 29.9 Å². The van der Waals surface area contributed by atoms with Gasteiger partial charge in [-0.2, -0.15) is 0 Å². The number of fused-ring (bicyclic) bond motifs is 1. The molecule has 160 valence electrons. The van der Waals surface area contributed by atoms with Crippen molar-refractivity contribution in [1.29, 1.82) is 0 Å². The monoisotopic (exact) mass is 449 g/mol. The van der Waals surface area contributed by atoms with E-state index < -0.39 is 11.5 Å². The number of aliphatic hydroxyl groups is 1. The van der Waals surface area contributed by atoms with Crippen LogP contribution in [0.1, 0.15) is 49.8 Å². The van der Waals surface area contributed by atoms with Crippen molar-refractivity contribution in [3.05, 3.63) is 57.1 Å². The average Bonchev–Trinajstić information content (AvgIpc) is 2.86. The van der Waals surface area contributed by atoms with Crippen molar-refractivity contribution in [3.8, 4) is 5.75 Å². The van der Waals surface area contributed by atoms with Gasteiger partial charge in [0.15, 0.2) is 5.60 Å². The molecule has 0 saturated heterocycles. The van der Waals surface area contributed by atoms with Crippen LogP contribution in [0.5, 0.6) is 5.75 Å². The first-order chi connectivity index (χ1) is 14.1. The van der Waals surface area contributed by atoms with Crippen molar-refractivity contribution < 1.29 is 19.4 Å². The summed E-state index contributed by atoms with van der Waals surface area (Å²) in [6.07, 6.45) is -0.330. The second-order valence-corrected chi connectivity index (χ2v) is 8.78.